The quantitative estimate of drug-likeness (QED) is 0.885. The van der Waals surface area contributed by atoms with Crippen molar-refractivity contribution in [3.05, 3.63) is 69.5 Å². The van der Waals surface area contributed by atoms with Crippen LogP contribution >= 0.6 is 0 Å². The van der Waals surface area contributed by atoms with Gasteiger partial charge in [0.05, 0.1) is 0 Å². The third-order valence-electron chi connectivity index (χ3n) is 3.90. The lowest BCUT2D eigenvalue weighted by Crippen LogP contribution is -2.16. The molecule has 0 amide bonds. The van der Waals surface area contributed by atoms with Crippen LogP contribution in [0, 0.1) is 33.5 Å². The Bertz CT molecular complexity index is 608. The third-order valence-corrected chi connectivity index (χ3v) is 3.90. The summed E-state index contributed by atoms with van der Waals surface area (Å²) in [6, 6.07) is 9.10. The van der Waals surface area contributed by atoms with Gasteiger partial charge in [-0.2, -0.15) is 0 Å². The van der Waals surface area contributed by atoms with Crippen molar-refractivity contribution in [1.29, 1.82) is 0 Å². The summed E-state index contributed by atoms with van der Waals surface area (Å²) in [5, 5.41) is 0. The van der Waals surface area contributed by atoms with Gasteiger partial charge in [-0.05, 0) is 74.1 Å². The molecule has 0 radical (unpaired) electrons. The van der Waals surface area contributed by atoms with Crippen molar-refractivity contribution < 1.29 is 4.39 Å². The summed E-state index contributed by atoms with van der Waals surface area (Å²) >= 11 is 0. The van der Waals surface area contributed by atoms with E-state index in [9.17, 15) is 4.39 Å². The highest BCUT2D eigenvalue weighted by atomic mass is 19.1. The molecule has 0 fully saturated rings. The molecule has 2 aromatic rings. The lowest BCUT2D eigenvalue weighted by atomic mass is 9.90. The molecule has 0 saturated carbocycles. The topological polar surface area (TPSA) is 26.0 Å². The van der Waals surface area contributed by atoms with E-state index in [0.717, 1.165) is 17.5 Å². The van der Waals surface area contributed by atoms with Crippen LogP contribution in [0.1, 0.15) is 39.4 Å². The number of aryl methyl sites for hydroxylation is 4. The van der Waals surface area contributed by atoms with Crippen LogP contribution in [-0.2, 0) is 6.42 Å². The minimum absolute atomic E-state index is 0.101. The highest BCUT2D eigenvalue weighted by Gasteiger charge is 2.13. The summed E-state index contributed by atoms with van der Waals surface area (Å²) in [4.78, 5) is 0. The van der Waals surface area contributed by atoms with Crippen molar-refractivity contribution in [2.24, 2.45) is 5.73 Å². The Morgan fingerprint density at radius 3 is 2.10 bits per heavy atom. The van der Waals surface area contributed by atoms with Crippen LogP contribution in [0.15, 0.2) is 30.3 Å². The minimum Gasteiger partial charge on any atom is -0.324 e. The number of nitrogens with two attached hydrogens (primary N) is 1. The highest BCUT2D eigenvalue weighted by Crippen LogP contribution is 2.24. The number of halogens is 1. The van der Waals surface area contributed by atoms with E-state index in [-0.39, 0.29) is 11.9 Å². The molecule has 0 saturated heterocycles. The fraction of sp³-hybridized carbons (Fsp3) is 0.333. The van der Waals surface area contributed by atoms with E-state index in [1.807, 2.05) is 6.92 Å². The second kappa shape index (κ2) is 5.76. The standard InChI is InChI=1S/C18H22FN/c1-11-7-12(2)17(13(3)8-11)10-18(20)16-6-5-15(19)9-14(16)4/h5-9,18H,10,20H2,1-4H3. The zero-order chi connectivity index (χ0) is 14.9. The van der Waals surface area contributed by atoms with Crippen LogP contribution in [0.2, 0.25) is 0 Å². The largest absolute Gasteiger partial charge is 0.324 e. The summed E-state index contributed by atoms with van der Waals surface area (Å²) in [6.45, 7) is 8.26. The third kappa shape index (κ3) is 3.07. The van der Waals surface area contributed by atoms with Crippen molar-refractivity contribution in [2.75, 3.05) is 0 Å². The number of hydrogen-bond acceptors (Lipinski definition) is 1. The maximum Gasteiger partial charge on any atom is 0.123 e. The number of hydrogen-bond donors (Lipinski definition) is 1. The SMILES string of the molecule is Cc1cc(C)c(CC(N)c2ccc(F)cc2C)c(C)c1. The summed E-state index contributed by atoms with van der Waals surface area (Å²) in [6.07, 6.45) is 0.782. The van der Waals surface area contributed by atoms with Crippen molar-refractivity contribution in [1.82, 2.24) is 0 Å². The maximum absolute atomic E-state index is 13.2. The zero-order valence-corrected chi connectivity index (χ0v) is 12.6. The van der Waals surface area contributed by atoms with Gasteiger partial charge in [-0.3, -0.25) is 0 Å². The fourth-order valence-corrected chi connectivity index (χ4v) is 2.92. The first-order chi connectivity index (χ1) is 9.38. The molecule has 0 aliphatic rings. The van der Waals surface area contributed by atoms with E-state index in [1.165, 1.54) is 28.3 Å². The van der Waals surface area contributed by atoms with Gasteiger partial charge >= 0.3 is 0 Å². The Morgan fingerprint density at radius 2 is 1.55 bits per heavy atom. The fourth-order valence-electron chi connectivity index (χ4n) is 2.92. The molecule has 2 heteroatoms. The molecule has 2 N–H and O–H groups in total. The predicted octanol–water partition coefficient (Wildman–Crippen LogP) is 4.30. The van der Waals surface area contributed by atoms with E-state index in [4.69, 9.17) is 5.73 Å². The lowest BCUT2D eigenvalue weighted by Gasteiger charge is -2.18. The molecule has 1 unspecified atom stereocenters. The van der Waals surface area contributed by atoms with Gasteiger partial charge in [-0.15, -0.1) is 0 Å². The van der Waals surface area contributed by atoms with Gasteiger partial charge in [0.25, 0.3) is 0 Å². The van der Waals surface area contributed by atoms with Gasteiger partial charge in [-0.25, -0.2) is 4.39 Å². The van der Waals surface area contributed by atoms with Crippen LogP contribution in [-0.4, -0.2) is 0 Å². The summed E-state index contributed by atoms with van der Waals surface area (Å²) in [5.41, 5.74) is 13.4. The van der Waals surface area contributed by atoms with Crippen molar-refractivity contribution >= 4 is 0 Å². The van der Waals surface area contributed by atoms with E-state index in [1.54, 1.807) is 12.1 Å². The molecule has 0 bridgehead atoms. The second-order valence-electron chi connectivity index (χ2n) is 5.69. The van der Waals surface area contributed by atoms with Gasteiger partial charge in [0.2, 0.25) is 0 Å². The average molecular weight is 271 g/mol. The first kappa shape index (κ1) is 14.7. The average Bonchev–Trinajstić information content (AvgIpc) is 2.33. The van der Waals surface area contributed by atoms with Crippen LogP contribution < -0.4 is 5.73 Å². The van der Waals surface area contributed by atoms with Gasteiger partial charge in [-0.1, -0.05) is 23.8 Å². The zero-order valence-electron chi connectivity index (χ0n) is 12.6. The Kier molecular flexibility index (Phi) is 4.24. The van der Waals surface area contributed by atoms with E-state index < -0.39 is 0 Å². The van der Waals surface area contributed by atoms with Crippen LogP contribution in [0.25, 0.3) is 0 Å². The summed E-state index contributed by atoms with van der Waals surface area (Å²) < 4.78 is 13.2. The van der Waals surface area contributed by atoms with Gasteiger partial charge in [0.15, 0.2) is 0 Å². The summed E-state index contributed by atoms with van der Waals surface area (Å²) in [5.74, 6) is -0.207. The molecule has 0 heterocycles. The molecule has 2 rings (SSSR count). The first-order valence-corrected chi connectivity index (χ1v) is 6.97. The minimum atomic E-state index is -0.207. The second-order valence-corrected chi connectivity index (χ2v) is 5.69. The molecule has 1 atom stereocenters. The molecule has 2 aromatic carbocycles. The van der Waals surface area contributed by atoms with Crippen molar-refractivity contribution in [3.63, 3.8) is 0 Å². The molecule has 20 heavy (non-hydrogen) atoms. The van der Waals surface area contributed by atoms with Crippen molar-refractivity contribution in [3.8, 4) is 0 Å². The first-order valence-electron chi connectivity index (χ1n) is 6.97. The number of benzene rings is 2. The Balaban J connectivity index is 2.30. The summed E-state index contributed by atoms with van der Waals surface area (Å²) in [7, 11) is 0. The lowest BCUT2D eigenvalue weighted by molar-refractivity contribution is 0.622. The van der Waals surface area contributed by atoms with Crippen molar-refractivity contribution in [2.45, 2.75) is 40.2 Å². The molecule has 0 aliphatic heterocycles. The Morgan fingerprint density at radius 1 is 0.950 bits per heavy atom. The van der Waals surface area contributed by atoms with Gasteiger partial charge < -0.3 is 5.73 Å². The smallest absolute Gasteiger partial charge is 0.123 e. The van der Waals surface area contributed by atoms with Gasteiger partial charge in [0.1, 0.15) is 5.82 Å². The van der Waals surface area contributed by atoms with Crippen LogP contribution in [0.3, 0.4) is 0 Å². The van der Waals surface area contributed by atoms with Gasteiger partial charge in [0, 0.05) is 6.04 Å². The Labute approximate surface area is 120 Å². The monoisotopic (exact) mass is 271 g/mol. The maximum atomic E-state index is 13.2. The number of rotatable bonds is 3. The molecule has 106 valence electrons. The van der Waals surface area contributed by atoms with E-state index in [0.29, 0.717) is 0 Å². The normalized spacial score (nSPS) is 12.5. The molecular weight excluding hydrogens is 249 g/mol. The molecule has 0 aromatic heterocycles. The molecule has 0 spiro atoms. The predicted molar refractivity (Wildman–Crippen MR) is 82.4 cm³/mol. The highest BCUT2D eigenvalue weighted by molar-refractivity contribution is 5.39. The Hall–Kier alpha value is -1.67. The van der Waals surface area contributed by atoms with Crippen LogP contribution in [0.5, 0.6) is 0 Å². The molecule has 0 aliphatic carbocycles. The van der Waals surface area contributed by atoms with E-state index >= 15 is 0 Å². The molecule has 1 nitrogen and oxygen atoms in total. The van der Waals surface area contributed by atoms with E-state index in [2.05, 4.69) is 32.9 Å². The molecular formula is C18H22FN. The van der Waals surface area contributed by atoms with Crippen LogP contribution in [0.4, 0.5) is 4.39 Å².